The maximum absolute atomic E-state index is 11.4. The van der Waals surface area contributed by atoms with Crippen LogP contribution in [0.15, 0.2) is 35.1 Å². The molecule has 17 heavy (non-hydrogen) atoms. The van der Waals surface area contributed by atoms with Gasteiger partial charge in [-0.2, -0.15) is 0 Å². The van der Waals surface area contributed by atoms with Gasteiger partial charge in [0.25, 0.3) is 0 Å². The molecule has 0 saturated carbocycles. The lowest BCUT2D eigenvalue weighted by atomic mass is 10.3. The van der Waals surface area contributed by atoms with Crippen molar-refractivity contribution >= 4 is 5.97 Å². The molecule has 0 aliphatic carbocycles. The Kier molecular flexibility index (Phi) is 2.95. The molecule has 88 valence electrons. The Morgan fingerprint density at radius 1 is 1.47 bits per heavy atom. The van der Waals surface area contributed by atoms with Crippen molar-refractivity contribution in [3.05, 3.63) is 36.5 Å². The number of nitrogens with zero attached hydrogens (tertiary/aromatic N) is 1. The van der Waals surface area contributed by atoms with Gasteiger partial charge in [0.05, 0.1) is 13.3 Å². The van der Waals surface area contributed by atoms with Gasteiger partial charge >= 0.3 is 11.9 Å². The molecule has 0 atom stereocenters. The summed E-state index contributed by atoms with van der Waals surface area (Å²) in [7, 11) is 1.42. The number of methoxy groups -OCH3 is 1. The van der Waals surface area contributed by atoms with Gasteiger partial charge < -0.3 is 19.0 Å². The highest BCUT2D eigenvalue weighted by Crippen LogP contribution is 2.29. The average Bonchev–Trinajstić information content (AvgIpc) is 2.82. The Hall–Kier alpha value is -2.50. The lowest BCUT2D eigenvalue weighted by Crippen LogP contribution is -2.08. The van der Waals surface area contributed by atoms with Crippen LogP contribution in [0, 0.1) is 0 Å². The summed E-state index contributed by atoms with van der Waals surface area (Å²) in [4.78, 5) is 15.1. The van der Waals surface area contributed by atoms with E-state index in [4.69, 9.17) is 13.9 Å². The zero-order valence-corrected chi connectivity index (χ0v) is 8.91. The third kappa shape index (κ3) is 2.36. The van der Waals surface area contributed by atoms with Crippen molar-refractivity contribution in [1.29, 1.82) is 0 Å². The van der Waals surface area contributed by atoms with Gasteiger partial charge in [0.2, 0.25) is 0 Å². The maximum Gasteiger partial charge on any atom is 0.400 e. The molecule has 2 rings (SSSR count). The van der Waals surface area contributed by atoms with Crippen LogP contribution in [0.3, 0.4) is 0 Å². The van der Waals surface area contributed by atoms with Crippen LogP contribution in [0.5, 0.6) is 17.2 Å². The summed E-state index contributed by atoms with van der Waals surface area (Å²) in [6.07, 6.45) is 2.60. The van der Waals surface area contributed by atoms with Crippen molar-refractivity contribution in [3.8, 4) is 17.2 Å². The monoisotopic (exact) mass is 235 g/mol. The lowest BCUT2D eigenvalue weighted by molar-refractivity contribution is 0.0692. The highest BCUT2D eigenvalue weighted by Gasteiger charge is 2.14. The highest BCUT2D eigenvalue weighted by molar-refractivity contribution is 5.86. The number of esters is 1. The topological polar surface area (TPSA) is 81.8 Å². The summed E-state index contributed by atoms with van der Waals surface area (Å²) < 4.78 is 14.6. The lowest BCUT2D eigenvalue weighted by Gasteiger charge is -2.05. The number of hydrogen-bond donors (Lipinski definition) is 1. The molecule has 0 aliphatic heterocycles. The highest BCUT2D eigenvalue weighted by atomic mass is 16.5. The third-order valence-corrected chi connectivity index (χ3v) is 1.97. The minimum absolute atomic E-state index is 0.120. The quantitative estimate of drug-likeness (QED) is 0.642. The summed E-state index contributed by atoms with van der Waals surface area (Å²) in [6.45, 7) is 0. The van der Waals surface area contributed by atoms with Crippen molar-refractivity contribution in [3.63, 3.8) is 0 Å². The van der Waals surface area contributed by atoms with Gasteiger partial charge in [-0.3, -0.25) is 0 Å². The van der Waals surface area contributed by atoms with E-state index in [1.54, 1.807) is 0 Å². The van der Waals surface area contributed by atoms with E-state index in [-0.39, 0.29) is 17.4 Å². The Labute approximate surface area is 96.4 Å². The first-order chi connectivity index (χ1) is 8.20. The molecule has 0 radical (unpaired) electrons. The molecule has 1 aromatic carbocycles. The van der Waals surface area contributed by atoms with Gasteiger partial charge in [-0.25, -0.2) is 9.78 Å². The predicted octanol–water partition coefficient (Wildman–Crippen LogP) is 1.61. The molecule has 0 unspecified atom stereocenters. The van der Waals surface area contributed by atoms with E-state index < -0.39 is 5.97 Å². The molecule has 0 saturated heterocycles. The largest absolute Gasteiger partial charge is 0.504 e. The molecule has 1 N–H and O–H groups in total. The standard InChI is InChI=1S/C11H9NO5/c1-15-9-3-2-7(6-8(9)13)17-11(14)10-12-4-5-16-10/h2-6,13H,1H3. The fourth-order valence-electron chi connectivity index (χ4n) is 1.21. The van der Waals surface area contributed by atoms with E-state index in [0.717, 1.165) is 0 Å². The van der Waals surface area contributed by atoms with Crippen LogP contribution in [0.2, 0.25) is 0 Å². The van der Waals surface area contributed by atoms with Gasteiger partial charge in [-0.1, -0.05) is 0 Å². The smallest absolute Gasteiger partial charge is 0.400 e. The summed E-state index contributed by atoms with van der Waals surface area (Å²) in [5.41, 5.74) is 0. The fourth-order valence-corrected chi connectivity index (χ4v) is 1.21. The third-order valence-electron chi connectivity index (χ3n) is 1.97. The molecular weight excluding hydrogens is 226 g/mol. The molecule has 0 fully saturated rings. The molecule has 0 bridgehead atoms. The van der Waals surface area contributed by atoms with E-state index >= 15 is 0 Å². The molecule has 0 aliphatic rings. The first-order valence-corrected chi connectivity index (χ1v) is 4.69. The summed E-state index contributed by atoms with van der Waals surface area (Å²) in [5, 5.41) is 9.48. The maximum atomic E-state index is 11.4. The molecule has 6 nitrogen and oxygen atoms in total. The molecule has 1 heterocycles. The summed E-state index contributed by atoms with van der Waals surface area (Å²) in [5.74, 6) is -0.544. The van der Waals surface area contributed by atoms with Crippen molar-refractivity contribution in [2.75, 3.05) is 7.11 Å². The fraction of sp³-hybridized carbons (Fsp3) is 0.0909. The second-order valence-corrected chi connectivity index (χ2v) is 3.06. The molecule has 0 amide bonds. The number of carbonyl (C=O) groups is 1. The number of carbonyl (C=O) groups excluding carboxylic acids is 1. The van der Waals surface area contributed by atoms with Gasteiger partial charge in [0.15, 0.2) is 11.5 Å². The van der Waals surface area contributed by atoms with Crippen LogP contribution < -0.4 is 9.47 Å². The molecule has 6 heteroatoms. The molecular formula is C11H9NO5. The number of phenolic OH excluding ortho intramolecular Hbond substituents is 1. The van der Waals surface area contributed by atoms with Crippen LogP contribution in [0.4, 0.5) is 0 Å². The zero-order valence-electron chi connectivity index (χ0n) is 8.91. The number of benzene rings is 1. The van der Waals surface area contributed by atoms with E-state index in [9.17, 15) is 9.90 Å². The number of rotatable bonds is 3. The van der Waals surface area contributed by atoms with E-state index in [0.29, 0.717) is 5.75 Å². The number of aromatic nitrogens is 1. The van der Waals surface area contributed by atoms with Crippen molar-refractivity contribution < 1.29 is 23.8 Å². The van der Waals surface area contributed by atoms with Crippen LogP contribution in [0.25, 0.3) is 0 Å². The predicted molar refractivity (Wildman–Crippen MR) is 56.1 cm³/mol. The van der Waals surface area contributed by atoms with E-state index in [1.807, 2.05) is 0 Å². The number of phenols is 1. The second-order valence-electron chi connectivity index (χ2n) is 3.06. The van der Waals surface area contributed by atoms with E-state index in [2.05, 4.69) is 4.98 Å². The molecule has 1 aromatic heterocycles. The number of oxazole rings is 1. The van der Waals surface area contributed by atoms with Gasteiger partial charge in [-0.05, 0) is 12.1 Å². The number of aromatic hydroxyl groups is 1. The minimum atomic E-state index is -0.737. The second kappa shape index (κ2) is 4.56. The first-order valence-electron chi connectivity index (χ1n) is 4.69. The first kappa shape index (κ1) is 11.0. The molecule has 2 aromatic rings. The van der Waals surface area contributed by atoms with E-state index in [1.165, 1.54) is 37.8 Å². The average molecular weight is 235 g/mol. The van der Waals surface area contributed by atoms with Crippen LogP contribution in [-0.4, -0.2) is 23.2 Å². The zero-order chi connectivity index (χ0) is 12.3. The van der Waals surface area contributed by atoms with Crippen molar-refractivity contribution in [2.45, 2.75) is 0 Å². The Morgan fingerprint density at radius 3 is 2.88 bits per heavy atom. The van der Waals surface area contributed by atoms with Gasteiger partial charge in [0.1, 0.15) is 12.0 Å². The van der Waals surface area contributed by atoms with Gasteiger partial charge in [0, 0.05) is 6.07 Å². The Morgan fingerprint density at radius 2 is 2.29 bits per heavy atom. The van der Waals surface area contributed by atoms with Crippen LogP contribution in [0.1, 0.15) is 10.7 Å². The number of ether oxygens (including phenoxy) is 2. The van der Waals surface area contributed by atoms with Crippen molar-refractivity contribution in [1.82, 2.24) is 4.98 Å². The van der Waals surface area contributed by atoms with Crippen molar-refractivity contribution in [2.24, 2.45) is 0 Å². The Bertz CT molecular complexity index is 521. The summed E-state index contributed by atoms with van der Waals surface area (Å²) >= 11 is 0. The summed E-state index contributed by atoms with van der Waals surface area (Å²) in [6, 6.07) is 4.23. The normalized spacial score (nSPS) is 9.94. The molecule has 0 spiro atoms. The minimum Gasteiger partial charge on any atom is -0.504 e. The Balaban J connectivity index is 2.14. The number of hydrogen-bond acceptors (Lipinski definition) is 6. The van der Waals surface area contributed by atoms with Crippen LogP contribution in [-0.2, 0) is 0 Å². The SMILES string of the molecule is COc1ccc(OC(=O)c2ncco2)cc1O. The van der Waals surface area contributed by atoms with Gasteiger partial charge in [-0.15, -0.1) is 0 Å². The van der Waals surface area contributed by atoms with Crippen LogP contribution >= 0.6 is 0 Å².